The summed E-state index contributed by atoms with van der Waals surface area (Å²) in [6.07, 6.45) is 4.58. The van der Waals surface area contributed by atoms with Crippen molar-refractivity contribution in [2.24, 2.45) is 0 Å². The van der Waals surface area contributed by atoms with Gasteiger partial charge in [0.05, 0.1) is 17.6 Å². The Morgan fingerprint density at radius 1 is 1.23 bits per heavy atom. The number of fused-ring (bicyclic) bond motifs is 3. The maximum atomic E-state index is 13.0. The quantitative estimate of drug-likeness (QED) is 0.628. The van der Waals surface area contributed by atoms with Crippen molar-refractivity contribution in [1.82, 2.24) is 19.8 Å². The van der Waals surface area contributed by atoms with E-state index < -0.39 is 0 Å². The van der Waals surface area contributed by atoms with Gasteiger partial charge in [-0.3, -0.25) is 4.79 Å². The van der Waals surface area contributed by atoms with E-state index in [0.717, 1.165) is 24.2 Å². The Morgan fingerprint density at radius 3 is 3.07 bits per heavy atom. The predicted molar refractivity (Wildman–Crippen MR) is 110 cm³/mol. The van der Waals surface area contributed by atoms with Crippen LogP contribution in [0.3, 0.4) is 0 Å². The van der Waals surface area contributed by atoms with Crippen LogP contribution in [0.2, 0.25) is 0 Å². The maximum Gasteiger partial charge on any atom is 0.254 e. The van der Waals surface area contributed by atoms with Crippen molar-refractivity contribution in [2.45, 2.75) is 25.6 Å². The van der Waals surface area contributed by atoms with E-state index >= 15 is 0 Å². The average Bonchev–Trinajstić information content (AvgIpc) is 3.42. The molecule has 0 radical (unpaired) electrons. The van der Waals surface area contributed by atoms with Crippen LogP contribution < -0.4 is 10.1 Å². The first-order valence-corrected chi connectivity index (χ1v) is 10.0. The lowest BCUT2D eigenvalue weighted by Gasteiger charge is -2.18. The summed E-state index contributed by atoms with van der Waals surface area (Å²) in [4.78, 5) is 19.2. The van der Waals surface area contributed by atoms with Crippen LogP contribution in [0.4, 0.5) is 0 Å². The average molecular weight is 399 g/mol. The molecule has 1 fully saturated rings. The van der Waals surface area contributed by atoms with Crippen LogP contribution in [0.25, 0.3) is 0 Å². The lowest BCUT2D eigenvalue weighted by atomic mass is 10.1. The number of benzene rings is 2. The molecule has 3 aromatic rings. The number of nitrogens with one attached hydrogen (secondary N) is 1. The third kappa shape index (κ3) is 3.53. The molecule has 1 aromatic heterocycles. The van der Waals surface area contributed by atoms with Gasteiger partial charge in [-0.05, 0) is 42.3 Å². The molecule has 7 heteroatoms. The van der Waals surface area contributed by atoms with E-state index in [1.807, 2.05) is 29.3 Å². The van der Waals surface area contributed by atoms with E-state index in [1.54, 1.807) is 30.6 Å². The highest BCUT2D eigenvalue weighted by atomic mass is 16.5. The van der Waals surface area contributed by atoms with Crippen molar-refractivity contribution in [1.29, 1.82) is 5.26 Å². The first-order chi connectivity index (χ1) is 14.7. The number of carbonyl (C=O) groups is 1. The van der Waals surface area contributed by atoms with E-state index in [4.69, 9.17) is 4.74 Å². The minimum absolute atomic E-state index is 0.00466. The predicted octanol–water partition coefficient (Wildman–Crippen LogP) is 2.91. The van der Waals surface area contributed by atoms with Crippen molar-refractivity contribution >= 4 is 5.91 Å². The monoisotopic (exact) mass is 399 g/mol. The highest BCUT2D eigenvalue weighted by molar-refractivity contribution is 5.94. The molecule has 6 bridgehead atoms. The molecule has 1 saturated heterocycles. The number of amides is 1. The number of ether oxygens (including phenoxy) is 1. The zero-order chi connectivity index (χ0) is 20.5. The minimum atomic E-state index is -0.00466. The van der Waals surface area contributed by atoms with Gasteiger partial charge in [-0.25, -0.2) is 4.98 Å². The Morgan fingerprint density at radius 2 is 2.17 bits per heavy atom. The summed E-state index contributed by atoms with van der Waals surface area (Å²) in [7, 11) is 0. The Bertz CT molecular complexity index is 1150. The van der Waals surface area contributed by atoms with Crippen LogP contribution in [-0.4, -0.2) is 39.5 Å². The van der Waals surface area contributed by atoms with Crippen molar-refractivity contribution in [3.05, 3.63) is 77.4 Å². The Labute approximate surface area is 174 Å². The molecule has 3 aliphatic heterocycles. The van der Waals surface area contributed by atoms with E-state index in [-0.39, 0.29) is 11.9 Å². The van der Waals surface area contributed by atoms with Crippen LogP contribution in [0.1, 0.15) is 33.6 Å². The summed E-state index contributed by atoms with van der Waals surface area (Å²) in [5.41, 5.74) is 3.11. The van der Waals surface area contributed by atoms with E-state index in [2.05, 4.69) is 20.9 Å². The van der Waals surface area contributed by atoms with Crippen LogP contribution in [-0.2, 0) is 13.1 Å². The molecule has 0 aliphatic carbocycles. The summed E-state index contributed by atoms with van der Waals surface area (Å²) in [5, 5.41) is 13.2. The third-order valence-corrected chi connectivity index (χ3v) is 5.67. The Balaban J connectivity index is 1.55. The minimum Gasteiger partial charge on any atom is -0.456 e. The fraction of sp³-hybridized carbons (Fsp3) is 0.261. The summed E-state index contributed by atoms with van der Waals surface area (Å²) in [6, 6.07) is 15.2. The Hall–Kier alpha value is -3.63. The zero-order valence-corrected chi connectivity index (χ0v) is 16.4. The third-order valence-electron chi connectivity index (χ3n) is 5.67. The molecule has 6 rings (SSSR count). The maximum absolute atomic E-state index is 13.0. The molecule has 30 heavy (non-hydrogen) atoms. The van der Waals surface area contributed by atoms with Gasteiger partial charge in [-0.2, -0.15) is 5.26 Å². The molecule has 0 saturated carbocycles. The van der Waals surface area contributed by atoms with Gasteiger partial charge in [0.25, 0.3) is 5.91 Å². The number of hydrogen-bond donors (Lipinski definition) is 1. The number of rotatable bonds is 0. The van der Waals surface area contributed by atoms with E-state index in [1.165, 1.54) is 0 Å². The molecular weight excluding hydrogens is 378 g/mol. The molecule has 4 heterocycles. The van der Waals surface area contributed by atoms with Crippen LogP contribution in [0.15, 0.2) is 55.0 Å². The number of carbonyl (C=O) groups excluding carboxylic acids is 1. The lowest BCUT2D eigenvalue weighted by Crippen LogP contribution is -2.35. The van der Waals surface area contributed by atoms with Crippen molar-refractivity contribution in [3.63, 3.8) is 0 Å². The highest BCUT2D eigenvalue weighted by Crippen LogP contribution is 2.28. The van der Waals surface area contributed by atoms with Gasteiger partial charge in [0.2, 0.25) is 0 Å². The molecule has 1 unspecified atom stereocenters. The second-order valence-corrected chi connectivity index (χ2v) is 7.70. The van der Waals surface area contributed by atoms with Crippen molar-refractivity contribution in [2.75, 3.05) is 13.1 Å². The molecule has 1 N–H and O–H groups in total. The first-order valence-electron chi connectivity index (χ1n) is 10.0. The fourth-order valence-corrected chi connectivity index (χ4v) is 4.05. The summed E-state index contributed by atoms with van der Waals surface area (Å²) >= 11 is 0. The second-order valence-electron chi connectivity index (χ2n) is 7.70. The van der Waals surface area contributed by atoms with E-state index in [9.17, 15) is 10.1 Å². The topological polar surface area (TPSA) is 83.2 Å². The normalized spacial score (nSPS) is 18.4. The summed E-state index contributed by atoms with van der Waals surface area (Å²) < 4.78 is 8.05. The van der Waals surface area contributed by atoms with Gasteiger partial charge in [0, 0.05) is 44.0 Å². The van der Waals surface area contributed by atoms with Gasteiger partial charge in [-0.15, -0.1) is 0 Å². The number of nitriles is 1. The molecule has 0 spiro atoms. The van der Waals surface area contributed by atoms with Crippen LogP contribution >= 0.6 is 0 Å². The van der Waals surface area contributed by atoms with Crippen LogP contribution in [0.5, 0.6) is 11.5 Å². The first kappa shape index (κ1) is 18.4. The van der Waals surface area contributed by atoms with Gasteiger partial charge >= 0.3 is 0 Å². The van der Waals surface area contributed by atoms with Gasteiger partial charge < -0.3 is 19.5 Å². The van der Waals surface area contributed by atoms with E-state index in [0.29, 0.717) is 42.3 Å². The van der Waals surface area contributed by atoms with Gasteiger partial charge in [0.15, 0.2) is 0 Å². The molecule has 1 atom stereocenters. The summed E-state index contributed by atoms with van der Waals surface area (Å²) in [5.74, 6) is 1.01. The summed E-state index contributed by atoms with van der Waals surface area (Å²) in [6.45, 7) is 2.69. The SMILES string of the molecule is N#Cc1cc2ccc1Oc1cccc(c1)C(=O)N1CCC(C1)NCc1cncn1C2. The molecule has 2 aromatic carbocycles. The van der Waals surface area contributed by atoms with Crippen LogP contribution in [0, 0.1) is 11.3 Å². The largest absolute Gasteiger partial charge is 0.456 e. The van der Waals surface area contributed by atoms with Crippen molar-refractivity contribution < 1.29 is 9.53 Å². The number of aromatic nitrogens is 2. The molecular formula is C23H21N5O2. The molecule has 3 aliphatic rings. The Kier molecular flexibility index (Phi) is 4.69. The lowest BCUT2D eigenvalue weighted by molar-refractivity contribution is 0.0789. The van der Waals surface area contributed by atoms with Crippen molar-refractivity contribution in [3.8, 4) is 17.6 Å². The molecule has 150 valence electrons. The molecule has 7 nitrogen and oxygen atoms in total. The van der Waals surface area contributed by atoms with Gasteiger partial charge in [0.1, 0.15) is 17.6 Å². The number of imidazole rings is 1. The smallest absolute Gasteiger partial charge is 0.254 e. The fourth-order valence-electron chi connectivity index (χ4n) is 4.05. The standard InChI is InChI=1S/C23H21N5O2/c24-10-18-8-16-4-5-22(18)30-21-3-1-2-17(9-21)23(29)27-7-6-19(14-27)26-12-20-11-25-15-28(20)13-16/h1-5,8-9,11,15,19,26H,6-7,12-14H2. The molecule has 1 amide bonds. The van der Waals surface area contributed by atoms with Gasteiger partial charge in [-0.1, -0.05) is 12.1 Å². The highest BCUT2D eigenvalue weighted by Gasteiger charge is 2.27. The number of nitrogens with zero attached hydrogens (tertiary/aromatic N) is 4. The second kappa shape index (κ2) is 7.65. The zero-order valence-electron chi connectivity index (χ0n) is 16.4. The number of hydrogen-bond acceptors (Lipinski definition) is 5.